The molecule has 22 heavy (non-hydrogen) atoms. The molecule has 0 bridgehead atoms. The van der Waals surface area contributed by atoms with Crippen molar-refractivity contribution in [2.75, 3.05) is 6.61 Å². The summed E-state index contributed by atoms with van der Waals surface area (Å²) in [5, 5.41) is 0.603. The highest BCUT2D eigenvalue weighted by molar-refractivity contribution is 9.10. The molecule has 2 aliphatic rings. The van der Waals surface area contributed by atoms with Gasteiger partial charge in [0.05, 0.1) is 11.6 Å². The molecular formula is C18H14BrClO2. The van der Waals surface area contributed by atoms with Gasteiger partial charge in [-0.15, -0.1) is 0 Å². The van der Waals surface area contributed by atoms with E-state index >= 15 is 0 Å². The van der Waals surface area contributed by atoms with Gasteiger partial charge in [-0.1, -0.05) is 45.7 Å². The molecule has 1 aliphatic heterocycles. The minimum Gasteiger partial charge on any atom is -0.491 e. The zero-order chi connectivity index (χ0) is 15.3. The Bertz CT molecular complexity index is 781. The van der Waals surface area contributed by atoms with Crippen LogP contribution in [0.5, 0.6) is 5.75 Å². The van der Waals surface area contributed by atoms with Gasteiger partial charge in [0.25, 0.3) is 0 Å². The number of rotatable bonds is 3. The molecule has 4 heteroatoms. The fourth-order valence-electron chi connectivity index (χ4n) is 3.06. The number of aldehydes is 1. The van der Waals surface area contributed by atoms with Gasteiger partial charge in [0.15, 0.2) is 6.29 Å². The van der Waals surface area contributed by atoms with E-state index in [1.54, 1.807) is 0 Å². The lowest BCUT2D eigenvalue weighted by atomic mass is 9.95. The van der Waals surface area contributed by atoms with Crippen LogP contribution in [-0.4, -0.2) is 12.9 Å². The van der Waals surface area contributed by atoms with Gasteiger partial charge in [0, 0.05) is 27.6 Å². The van der Waals surface area contributed by atoms with Crippen molar-refractivity contribution in [3.05, 3.63) is 50.5 Å². The average molecular weight is 378 g/mol. The topological polar surface area (TPSA) is 26.3 Å². The highest BCUT2D eigenvalue weighted by Crippen LogP contribution is 2.47. The largest absolute Gasteiger partial charge is 0.491 e. The maximum atomic E-state index is 11.4. The summed E-state index contributed by atoms with van der Waals surface area (Å²) >= 11 is 10.2. The van der Waals surface area contributed by atoms with Gasteiger partial charge < -0.3 is 4.74 Å². The lowest BCUT2D eigenvalue weighted by molar-refractivity contribution is 0.112. The van der Waals surface area contributed by atoms with Gasteiger partial charge in [-0.25, -0.2) is 0 Å². The van der Waals surface area contributed by atoms with Crippen LogP contribution in [0.1, 0.15) is 40.2 Å². The highest BCUT2D eigenvalue weighted by Gasteiger charge is 2.26. The summed E-state index contributed by atoms with van der Waals surface area (Å²) in [7, 11) is 0. The highest BCUT2D eigenvalue weighted by atomic mass is 79.9. The van der Waals surface area contributed by atoms with E-state index in [0.29, 0.717) is 23.1 Å². The third-order valence-electron chi connectivity index (χ3n) is 4.41. The smallest absolute Gasteiger partial charge is 0.150 e. The minimum atomic E-state index is 0.603. The van der Waals surface area contributed by atoms with Crippen molar-refractivity contribution in [1.82, 2.24) is 0 Å². The van der Waals surface area contributed by atoms with E-state index in [1.807, 2.05) is 12.1 Å². The lowest BCUT2D eigenvalue weighted by Crippen LogP contribution is -1.93. The Kier molecular flexibility index (Phi) is 3.50. The Morgan fingerprint density at radius 1 is 1.23 bits per heavy atom. The molecule has 0 atom stereocenters. The molecule has 1 aliphatic carbocycles. The first-order valence-electron chi connectivity index (χ1n) is 7.42. The third-order valence-corrected chi connectivity index (χ3v) is 5.49. The Hall–Kier alpha value is -1.32. The number of ether oxygens (including phenoxy) is 1. The summed E-state index contributed by atoms with van der Waals surface area (Å²) in [6, 6.07) is 8.07. The predicted octanol–water partition coefficient (Wildman–Crippen LogP) is 5.39. The summed E-state index contributed by atoms with van der Waals surface area (Å²) in [4.78, 5) is 11.4. The standard InChI is InChI=1S/C18H14BrClO2/c19-16-8-15(17(20)18-13(16)5-6-22-18)14-7-11(10-1-2-10)3-4-12(14)9-21/h3-4,7-10H,1-2,5-6H2. The van der Waals surface area contributed by atoms with Crippen LogP contribution in [0.2, 0.25) is 5.02 Å². The normalized spacial score (nSPS) is 16.3. The number of halogens is 2. The SMILES string of the molecule is O=Cc1ccc(C2CC2)cc1-c1cc(Br)c2c(c1Cl)OCC2. The first-order chi connectivity index (χ1) is 10.7. The first-order valence-corrected chi connectivity index (χ1v) is 8.59. The Balaban J connectivity index is 1.93. The van der Waals surface area contributed by atoms with Crippen molar-refractivity contribution in [2.24, 2.45) is 0 Å². The van der Waals surface area contributed by atoms with Crippen LogP contribution >= 0.6 is 27.5 Å². The van der Waals surface area contributed by atoms with E-state index in [0.717, 1.165) is 39.6 Å². The van der Waals surface area contributed by atoms with E-state index in [-0.39, 0.29) is 0 Å². The lowest BCUT2D eigenvalue weighted by Gasteiger charge is -2.13. The second-order valence-corrected chi connectivity index (χ2v) is 7.10. The van der Waals surface area contributed by atoms with E-state index < -0.39 is 0 Å². The Labute approximate surface area is 142 Å². The van der Waals surface area contributed by atoms with Crippen LogP contribution in [0.25, 0.3) is 11.1 Å². The summed E-state index contributed by atoms with van der Waals surface area (Å²) in [6.45, 7) is 0.653. The van der Waals surface area contributed by atoms with Crippen LogP contribution in [0, 0.1) is 0 Å². The molecule has 1 saturated carbocycles. The molecule has 0 aromatic heterocycles. The van der Waals surface area contributed by atoms with Crippen LogP contribution in [0.3, 0.4) is 0 Å². The fraction of sp³-hybridized carbons (Fsp3) is 0.278. The molecule has 0 radical (unpaired) electrons. The van der Waals surface area contributed by atoms with Crippen molar-refractivity contribution in [3.63, 3.8) is 0 Å². The Morgan fingerprint density at radius 2 is 2.05 bits per heavy atom. The third kappa shape index (κ3) is 2.27. The zero-order valence-electron chi connectivity index (χ0n) is 11.9. The maximum absolute atomic E-state index is 11.4. The molecular weight excluding hydrogens is 364 g/mol. The number of benzene rings is 2. The van der Waals surface area contributed by atoms with Gasteiger partial charge in [0.1, 0.15) is 5.75 Å². The van der Waals surface area contributed by atoms with Gasteiger partial charge in [0.2, 0.25) is 0 Å². The van der Waals surface area contributed by atoms with Crippen molar-refractivity contribution < 1.29 is 9.53 Å². The van der Waals surface area contributed by atoms with E-state index in [4.69, 9.17) is 16.3 Å². The average Bonchev–Trinajstić information content (AvgIpc) is 3.26. The molecule has 2 aromatic rings. The number of hydrogen-bond acceptors (Lipinski definition) is 2. The van der Waals surface area contributed by atoms with Crippen molar-refractivity contribution in [3.8, 4) is 16.9 Å². The number of hydrogen-bond donors (Lipinski definition) is 0. The second kappa shape index (κ2) is 5.39. The molecule has 1 fully saturated rings. The molecule has 0 amide bonds. The molecule has 2 aromatic carbocycles. The molecule has 0 unspecified atom stereocenters. The van der Waals surface area contributed by atoms with Gasteiger partial charge >= 0.3 is 0 Å². The summed E-state index contributed by atoms with van der Waals surface area (Å²) in [6.07, 6.45) is 4.21. The van der Waals surface area contributed by atoms with E-state index in [1.165, 1.54) is 18.4 Å². The number of carbonyl (C=O) groups is 1. The predicted molar refractivity (Wildman–Crippen MR) is 91.1 cm³/mol. The quantitative estimate of drug-likeness (QED) is 0.670. The van der Waals surface area contributed by atoms with Crippen molar-refractivity contribution >= 4 is 33.8 Å². The van der Waals surface area contributed by atoms with Crippen LogP contribution in [0.15, 0.2) is 28.7 Å². The monoisotopic (exact) mass is 376 g/mol. The molecule has 0 spiro atoms. The maximum Gasteiger partial charge on any atom is 0.150 e. The first kappa shape index (κ1) is 14.3. The van der Waals surface area contributed by atoms with Gasteiger partial charge in [-0.05, 0) is 36.0 Å². The fourth-order valence-corrected chi connectivity index (χ4v) is 3.99. The molecule has 4 rings (SSSR count). The molecule has 112 valence electrons. The minimum absolute atomic E-state index is 0.603. The second-order valence-electron chi connectivity index (χ2n) is 5.86. The summed E-state index contributed by atoms with van der Waals surface area (Å²) in [5.41, 5.74) is 4.81. The molecule has 1 heterocycles. The van der Waals surface area contributed by atoms with Crippen molar-refractivity contribution in [2.45, 2.75) is 25.2 Å². The zero-order valence-corrected chi connectivity index (χ0v) is 14.2. The Morgan fingerprint density at radius 3 is 2.77 bits per heavy atom. The molecule has 0 N–H and O–H groups in total. The van der Waals surface area contributed by atoms with E-state index in [9.17, 15) is 4.79 Å². The van der Waals surface area contributed by atoms with E-state index in [2.05, 4.69) is 28.1 Å². The number of carbonyl (C=O) groups excluding carboxylic acids is 1. The molecule has 2 nitrogen and oxygen atoms in total. The number of fused-ring (bicyclic) bond motifs is 1. The van der Waals surface area contributed by atoms with Crippen LogP contribution in [-0.2, 0) is 6.42 Å². The van der Waals surface area contributed by atoms with Gasteiger partial charge in [-0.3, -0.25) is 4.79 Å². The summed E-state index contributed by atoms with van der Waals surface area (Å²) in [5.74, 6) is 1.38. The van der Waals surface area contributed by atoms with Crippen LogP contribution < -0.4 is 4.74 Å². The van der Waals surface area contributed by atoms with Gasteiger partial charge in [-0.2, -0.15) is 0 Å². The molecule has 0 saturated heterocycles. The van der Waals surface area contributed by atoms with Crippen molar-refractivity contribution in [1.29, 1.82) is 0 Å². The summed E-state index contributed by atoms with van der Waals surface area (Å²) < 4.78 is 6.68. The van der Waals surface area contributed by atoms with Crippen LogP contribution in [0.4, 0.5) is 0 Å².